The minimum Gasteiger partial charge on any atom is -0.507 e. The van der Waals surface area contributed by atoms with Gasteiger partial charge in [-0.2, -0.15) is 0 Å². The maximum atomic E-state index is 10.7. The minimum absolute atomic E-state index is 0.158. The second kappa shape index (κ2) is 9.77. The molecule has 2 heteroatoms. The van der Waals surface area contributed by atoms with Gasteiger partial charge in [-0.25, -0.2) is 0 Å². The smallest absolute Gasteiger partial charge is 0.123 e. The molecule has 4 aromatic rings. The number of aromatic hydroxyl groups is 2. The van der Waals surface area contributed by atoms with Crippen LogP contribution in [0.25, 0.3) is 22.3 Å². The van der Waals surface area contributed by atoms with Gasteiger partial charge in [-0.1, -0.05) is 105 Å². The molecule has 1 aliphatic carbocycles. The molecule has 0 saturated heterocycles. The molecule has 4 aromatic carbocycles. The van der Waals surface area contributed by atoms with Gasteiger partial charge in [0.15, 0.2) is 0 Å². The summed E-state index contributed by atoms with van der Waals surface area (Å²) < 4.78 is 0. The summed E-state index contributed by atoms with van der Waals surface area (Å²) in [7, 11) is 0. The summed E-state index contributed by atoms with van der Waals surface area (Å²) in [6, 6.07) is 32.6. The van der Waals surface area contributed by atoms with Crippen molar-refractivity contribution in [2.75, 3.05) is 0 Å². The maximum Gasteiger partial charge on any atom is 0.123 e. The minimum atomic E-state index is -0.158. The molecule has 1 saturated carbocycles. The van der Waals surface area contributed by atoms with Gasteiger partial charge in [-0.3, -0.25) is 0 Å². The molecule has 1 aliphatic rings. The monoisotopic (exact) mass is 448 g/mol. The first-order chi connectivity index (χ1) is 16.7. The van der Waals surface area contributed by atoms with Crippen molar-refractivity contribution in [3.63, 3.8) is 0 Å². The number of rotatable bonds is 4. The van der Waals surface area contributed by atoms with Crippen LogP contribution in [0.1, 0.15) is 56.1 Å². The first kappa shape index (κ1) is 22.3. The molecule has 1 fully saturated rings. The summed E-state index contributed by atoms with van der Waals surface area (Å²) in [5.74, 6) is 0.623. The van der Waals surface area contributed by atoms with Crippen LogP contribution in [0, 0.1) is 0 Å². The normalized spacial score (nSPS) is 15.9. The van der Waals surface area contributed by atoms with E-state index in [1.807, 2.05) is 48.5 Å². The first-order valence-electron chi connectivity index (χ1n) is 12.5. The number of phenols is 2. The van der Waals surface area contributed by atoms with Gasteiger partial charge in [0, 0.05) is 16.5 Å². The molecular formula is C32H32O2. The molecule has 0 atom stereocenters. The Morgan fingerprint density at radius 2 is 0.882 bits per heavy atom. The van der Waals surface area contributed by atoms with Gasteiger partial charge < -0.3 is 10.2 Å². The molecule has 0 heterocycles. The number of hydrogen-bond acceptors (Lipinski definition) is 2. The largest absolute Gasteiger partial charge is 0.507 e. The van der Waals surface area contributed by atoms with Gasteiger partial charge in [0.2, 0.25) is 0 Å². The van der Waals surface area contributed by atoms with E-state index in [1.165, 1.54) is 43.2 Å². The first-order valence-corrected chi connectivity index (χ1v) is 12.5. The number of hydrogen-bond donors (Lipinski definition) is 2. The molecule has 2 N–H and O–H groups in total. The van der Waals surface area contributed by atoms with Crippen LogP contribution < -0.4 is 0 Å². The Kier molecular flexibility index (Phi) is 6.40. The van der Waals surface area contributed by atoms with Crippen LogP contribution in [0.4, 0.5) is 0 Å². The second-order valence-corrected chi connectivity index (χ2v) is 9.55. The van der Waals surface area contributed by atoms with E-state index < -0.39 is 0 Å². The van der Waals surface area contributed by atoms with Crippen molar-refractivity contribution in [3.8, 4) is 33.8 Å². The van der Waals surface area contributed by atoms with E-state index in [1.54, 1.807) is 0 Å². The van der Waals surface area contributed by atoms with Crippen molar-refractivity contribution in [3.05, 3.63) is 108 Å². The third-order valence-electron chi connectivity index (χ3n) is 7.47. The van der Waals surface area contributed by atoms with Crippen molar-refractivity contribution in [1.82, 2.24) is 0 Å². The summed E-state index contributed by atoms with van der Waals surface area (Å²) in [4.78, 5) is 0. The predicted molar refractivity (Wildman–Crippen MR) is 140 cm³/mol. The molecule has 0 aromatic heterocycles. The number of phenolic OH excluding ortho intramolecular Hbond substituents is 2. The van der Waals surface area contributed by atoms with Crippen molar-refractivity contribution in [1.29, 1.82) is 0 Å². The molecule has 0 radical (unpaired) electrons. The van der Waals surface area contributed by atoms with E-state index in [9.17, 15) is 10.2 Å². The molecule has 172 valence electrons. The zero-order valence-corrected chi connectivity index (χ0v) is 19.6. The van der Waals surface area contributed by atoms with Crippen LogP contribution in [0.3, 0.4) is 0 Å². The van der Waals surface area contributed by atoms with E-state index in [2.05, 4.69) is 48.5 Å². The fourth-order valence-corrected chi connectivity index (χ4v) is 5.62. The lowest BCUT2D eigenvalue weighted by Crippen LogP contribution is -2.29. The van der Waals surface area contributed by atoms with Crippen LogP contribution >= 0.6 is 0 Å². The van der Waals surface area contributed by atoms with Crippen LogP contribution in [0.2, 0.25) is 0 Å². The van der Waals surface area contributed by atoms with Crippen molar-refractivity contribution >= 4 is 0 Å². The summed E-state index contributed by atoms with van der Waals surface area (Å²) in [5, 5.41) is 21.5. The van der Waals surface area contributed by atoms with Crippen LogP contribution in [-0.2, 0) is 5.41 Å². The molecule has 0 spiro atoms. The van der Waals surface area contributed by atoms with Gasteiger partial charge in [0.1, 0.15) is 11.5 Å². The Morgan fingerprint density at radius 3 is 1.32 bits per heavy atom. The van der Waals surface area contributed by atoms with Gasteiger partial charge in [-0.05, 0) is 59.4 Å². The Bertz CT molecular complexity index is 1150. The highest BCUT2D eigenvalue weighted by atomic mass is 16.3. The van der Waals surface area contributed by atoms with Crippen molar-refractivity contribution in [2.45, 2.75) is 50.4 Å². The summed E-state index contributed by atoms with van der Waals surface area (Å²) in [6.07, 6.45) is 8.25. The molecule has 5 rings (SSSR count). The molecular weight excluding hydrogens is 416 g/mol. The molecule has 0 amide bonds. The lowest BCUT2D eigenvalue weighted by molar-refractivity contribution is 0.366. The van der Waals surface area contributed by atoms with Crippen molar-refractivity contribution in [2.24, 2.45) is 0 Å². The summed E-state index contributed by atoms with van der Waals surface area (Å²) in [5.41, 5.74) is 6.14. The lowest BCUT2D eigenvalue weighted by atomic mass is 9.66. The number of benzene rings is 4. The van der Waals surface area contributed by atoms with Crippen LogP contribution in [0.5, 0.6) is 11.5 Å². The molecule has 34 heavy (non-hydrogen) atoms. The lowest BCUT2D eigenvalue weighted by Gasteiger charge is -2.38. The Morgan fingerprint density at radius 1 is 0.471 bits per heavy atom. The fourth-order valence-electron chi connectivity index (χ4n) is 5.62. The van der Waals surface area contributed by atoms with E-state index in [0.717, 1.165) is 35.1 Å². The summed E-state index contributed by atoms with van der Waals surface area (Å²) in [6.45, 7) is 0. The third-order valence-corrected chi connectivity index (χ3v) is 7.47. The Balaban J connectivity index is 1.68. The highest BCUT2D eigenvalue weighted by molar-refractivity contribution is 5.73. The average Bonchev–Trinajstić information content (AvgIpc) is 2.86. The van der Waals surface area contributed by atoms with E-state index >= 15 is 0 Å². The van der Waals surface area contributed by atoms with Gasteiger partial charge in [0.05, 0.1) is 0 Å². The highest BCUT2D eigenvalue weighted by Gasteiger charge is 2.35. The molecule has 0 bridgehead atoms. The molecule has 0 unspecified atom stereocenters. The van der Waals surface area contributed by atoms with E-state index in [0.29, 0.717) is 11.5 Å². The maximum absolute atomic E-state index is 10.7. The zero-order chi connectivity index (χ0) is 23.4. The quantitative estimate of drug-likeness (QED) is 0.329. The topological polar surface area (TPSA) is 40.5 Å². The molecule has 2 nitrogen and oxygen atoms in total. The van der Waals surface area contributed by atoms with E-state index in [-0.39, 0.29) is 5.41 Å². The molecule has 0 aliphatic heterocycles. The zero-order valence-electron chi connectivity index (χ0n) is 19.6. The van der Waals surface area contributed by atoms with Crippen molar-refractivity contribution < 1.29 is 10.2 Å². The van der Waals surface area contributed by atoms with Gasteiger partial charge >= 0.3 is 0 Å². The summed E-state index contributed by atoms with van der Waals surface area (Å²) >= 11 is 0. The predicted octanol–water partition coefficient (Wildman–Crippen LogP) is 8.46. The fraction of sp³-hybridized carbons (Fsp3) is 0.250. The standard InChI is InChI=1S/C32H32O2/c33-30-18-16-26(22-28(30)24-12-6-4-7-13-24)32(20-10-2-1-3-11-21-32)27-17-19-31(34)29(23-27)25-14-8-5-9-15-25/h4-9,12-19,22-23,33-34H,1-3,10-11,20-21H2. The SMILES string of the molecule is Oc1ccc(C2(c3ccc(O)c(-c4ccccc4)c3)CCCCCCC2)cc1-c1ccccc1. The van der Waals surface area contributed by atoms with Crippen LogP contribution in [-0.4, -0.2) is 10.2 Å². The highest BCUT2D eigenvalue weighted by Crippen LogP contribution is 2.47. The average molecular weight is 449 g/mol. The van der Waals surface area contributed by atoms with Gasteiger partial charge in [0.25, 0.3) is 0 Å². The van der Waals surface area contributed by atoms with Gasteiger partial charge in [-0.15, -0.1) is 0 Å². The Labute approximate surface area is 202 Å². The third kappa shape index (κ3) is 4.33. The van der Waals surface area contributed by atoms with Crippen LogP contribution in [0.15, 0.2) is 97.1 Å². The van der Waals surface area contributed by atoms with E-state index in [4.69, 9.17) is 0 Å². The Hall–Kier alpha value is -3.52. The second-order valence-electron chi connectivity index (χ2n) is 9.55.